The molecule has 1 heterocycles. The van der Waals surface area contributed by atoms with E-state index in [0.29, 0.717) is 22.4 Å². The number of amidine groups is 1. The first-order valence-corrected chi connectivity index (χ1v) is 14.9. The highest BCUT2D eigenvalue weighted by Crippen LogP contribution is 2.49. The van der Waals surface area contributed by atoms with Gasteiger partial charge in [-0.2, -0.15) is 4.76 Å². The first-order valence-electron chi connectivity index (χ1n) is 11.4. The minimum absolute atomic E-state index is 0.0378. The molecular formula is C26H22ClFN3O5PS. The van der Waals surface area contributed by atoms with Gasteiger partial charge in [0.05, 0.1) is 21.4 Å². The number of hydrogen-bond donors (Lipinski definition) is 4. The Hall–Kier alpha value is -3.30. The fraction of sp³-hybridized carbons (Fsp3) is 0.154. The van der Waals surface area contributed by atoms with Crippen LogP contribution in [0.1, 0.15) is 23.6 Å². The Kier molecular flexibility index (Phi) is 6.55. The normalized spacial score (nSPS) is 23.2. The Morgan fingerprint density at radius 3 is 2.63 bits per heavy atom. The van der Waals surface area contributed by atoms with Gasteiger partial charge >= 0.3 is 7.52 Å². The van der Waals surface area contributed by atoms with Crippen molar-refractivity contribution in [3.8, 4) is 0 Å². The lowest BCUT2D eigenvalue weighted by Gasteiger charge is -2.36. The quantitative estimate of drug-likeness (QED) is 0.322. The molecule has 3 unspecified atom stereocenters. The Balaban J connectivity index is 1.62. The van der Waals surface area contributed by atoms with Crippen molar-refractivity contribution in [2.24, 2.45) is 4.76 Å². The van der Waals surface area contributed by atoms with Gasteiger partial charge in [-0.05, 0) is 54.8 Å². The molecule has 0 amide bonds. The molecule has 2 aliphatic rings. The molecule has 12 heteroatoms. The van der Waals surface area contributed by atoms with Crippen molar-refractivity contribution in [1.82, 2.24) is 0 Å². The number of aliphatic hydroxyl groups is 1. The summed E-state index contributed by atoms with van der Waals surface area (Å²) in [5.74, 6) is -1.75. The summed E-state index contributed by atoms with van der Waals surface area (Å²) in [6.07, 6.45) is 1.54. The molecule has 3 atom stereocenters. The van der Waals surface area contributed by atoms with Gasteiger partial charge in [-0.25, -0.2) is 8.60 Å². The Labute approximate surface area is 225 Å². The van der Waals surface area contributed by atoms with E-state index in [-0.39, 0.29) is 39.6 Å². The van der Waals surface area contributed by atoms with Crippen LogP contribution >= 0.6 is 19.1 Å². The minimum Gasteiger partial charge on any atom is -0.506 e. The summed E-state index contributed by atoms with van der Waals surface area (Å²) >= 11 is 5.99. The maximum atomic E-state index is 14.1. The van der Waals surface area contributed by atoms with Crippen LogP contribution in [0, 0.1) is 5.82 Å². The number of ketones is 1. The third-order valence-electron chi connectivity index (χ3n) is 6.58. The van der Waals surface area contributed by atoms with Crippen LogP contribution in [-0.4, -0.2) is 32.1 Å². The highest BCUT2D eigenvalue weighted by atomic mass is 35.5. The van der Waals surface area contributed by atoms with E-state index in [4.69, 9.17) is 11.6 Å². The van der Waals surface area contributed by atoms with Crippen molar-refractivity contribution in [2.45, 2.75) is 18.8 Å². The second kappa shape index (κ2) is 9.47. The SMILES string of the molecule is CS(=O)Nc1ccc2c(c1)P(=O)(O)N=C(C1=C(O)c3ccccc3C(C)(Cc3ccc(F)c(Cl)c3)C1=O)N2. The summed E-state index contributed by atoms with van der Waals surface area (Å²) in [6, 6.07) is 15.4. The Morgan fingerprint density at radius 2 is 1.92 bits per heavy atom. The summed E-state index contributed by atoms with van der Waals surface area (Å²) in [5, 5.41) is 14.0. The second-order valence-corrected chi connectivity index (χ2v) is 12.6. The average Bonchev–Trinajstić information content (AvgIpc) is 2.85. The van der Waals surface area contributed by atoms with Gasteiger partial charge in [0.15, 0.2) is 5.78 Å². The van der Waals surface area contributed by atoms with Crippen LogP contribution in [-0.2, 0) is 32.2 Å². The number of nitrogens with zero attached hydrogens (tertiary/aromatic N) is 1. The van der Waals surface area contributed by atoms with Crippen LogP contribution in [0.4, 0.5) is 15.8 Å². The number of carbonyl (C=O) groups is 1. The highest BCUT2D eigenvalue weighted by Gasteiger charge is 2.47. The predicted octanol–water partition coefficient (Wildman–Crippen LogP) is 4.87. The number of carbonyl (C=O) groups excluding carboxylic acids is 1. The fourth-order valence-corrected chi connectivity index (χ4v) is 6.77. The summed E-state index contributed by atoms with van der Waals surface area (Å²) in [7, 11) is -5.80. The van der Waals surface area contributed by atoms with E-state index in [1.165, 1.54) is 36.6 Å². The first kappa shape index (κ1) is 26.3. The van der Waals surface area contributed by atoms with Crippen molar-refractivity contribution in [1.29, 1.82) is 0 Å². The largest absolute Gasteiger partial charge is 0.506 e. The van der Waals surface area contributed by atoms with E-state index >= 15 is 0 Å². The maximum Gasteiger partial charge on any atom is 0.346 e. The van der Waals surface area contributed by atoms with Crippen molar-refractivity contribution in [2.75, 3.05) is 16.3 Å². The lowest BCUT2D eigenvalue weighted by atomic mass is 9.66. The fourth-order valence-electron chi connectivity index (χ4n) is 4.83. The smallest absolute Gasteiger partial charge is 0.346 e. The highest BCUT2D eigenvalue weighted by molar-refractivity contribution is 7.85. The summed E-state index contributed by atoms with van der Waals surface area (Å²) in [5.41, 5.74) is 0.582. The van der Waals surface area contributed by atoms with Crippen LogP contribution in [0.3, 0.4) is 0 Å². The summed E-state index contributed by atoms with van der Waals surface area (Å²) < 4.78 is 45.2. The van der Waals surface area contributed by atoms with Crippen molar-refractivity contribution < 1.29 is 28.0 Å². The number of hydrogen-bond acceptors (Lipinski definition) is 5. The number of rotatable bonds is 5. The van der Waals surface area contributed by atoms with Crippen LogP contribution in [0.15, 0.2) is 71.0 Å². The molecule has 0 aromatic heterocycles. The van der Waals surface area contributed by atoms with Gasteiger partial charge in [0.2, 0.25) is 0 Å². The molecule has 8 nitrogen and oxygen atoms in total. The number of Topliss-reactive ketones (excluding diaryl/α,β-unsaturated/α-hetero) is 1. The van der Waals surface area contributed by atoms with Gasteiger partial charge in [0, 0.05) is 17.5 Å². The molecular weight excluding hydrogens is 552 g/mol. The number of fused-ring (bicyclic) bond motifs is 2. The topological polar surface area (TPSA) is 128 Å². The molecule has 196 valence electrons. The van der Waals surface area contributed by atoms with E-state index in [0.717, 1.165) is 0 Å². The molecule has 4 N–H and O–H groups in total. The monoisotopic (exact) mass is 573 g/mol. The molecule has 0 saturated heterocycles. The molecule has 0 bridgehead atoms. The summed E-state index contributed by atoms with van der Waals surface area (Å²) in [6.45, 7) is 1.69. The molecule has 0 saturated carbocycles. The summed E-state index contributed by atoms with van der Waals surface area (Å²) in [4.78, 5) is 24.9. The van der Waals surface area contributed by atoms with Crippen LogP contribution in [0.5, 0.6) is 0 Å². The van der Waals surface area contributed by atoms with Crippen LogP contribution in [0.25, 0.3) is 5.76 Å². The number of anilines is 2. The molecule has 0 spiro atoms. The zero-order chi connectivity index (χ0) is 27.4. The first-order chi connectivity index (χ1) is 17.9. The molecule has 5 rings (SSSR count). The molecule has 3 aromatic carbocycles. The van der Waals surface area contributed by atoms with Crippen molar-refractivity contribution >= 4 is 64.2 Å². The lowest BCUT2D eigenvalue weighted by Crippen LogP contribution is -2.43. The third-order valence-corrected chi connectivity index (χ3v) is 8.86. The molecule has 3 aromatic rings. The van der Waals surface area contributed by atoms with Gasteiger partial charge in [-0.3, -0.25) is 9.36 Å². The zero-order valence-electron chi connectivity index (χ0n) is 20.2. The Morgan fingerprint density at radius 1 is 1.18 bits per heavy atom. The molecule has 0 fully saturated rings. The number of halogens is 2. The predicted molar refractivity (Wildman–Crippen MR) is 148 cm³/mol. The van der Waals surface area contributed by atoms with E-state index in [9.17, 15) is 28.0 Å². The number of benzene rings is 3. The van der Waals surface area contributed by atoms with Gasteiger partial charge in [-0.1, -0.05) is 41.9 Å². The average molecular weight is 574 g/mol. The van der Waals surface area contributed by atoms with Gasteiger partial charge in [0.1, 0.15) is 34.0 Å². The molecule has 0 radical (unpaired) electrons. The molecule has 38 heavy (non-hydrogen) atoms. The lowest BCUT2D eigenvalue weighted by molar-refractivity contribution is -0.120. The third kappa shape index (κ3) is 4.47. The maximum absolute atomic E-state index is 14.1. The minimum atomic E-state index is -4.40. The number of aliphatic hydroxyl groups excluding tert-OH is 1. The zero-order valence-corrected chi connectivity index (χ0v) is 22.6. The standard InChI is InChI=1S/C26H22ClFN3O5PS/c1-26(13-14-7-9-19(28)18(27)11-14)17-6-4-3-5-16(17)23(32)22(24(26)33)25-29-20-10-8-15(31-38(2)36)12-21(20)37(34,35)30-25/h3-12,31-32H,13H2,1-2H3,(H2,29,30,34,35). The van der Waals surface area contributed by atoms with Crippen LogP contribution in [0.2, 0.25) is 5.02 Å². The molecule has 1 aliphatic heterocycles. The van der Waals surface area contributed by atoms with Gasteiger partial charge < -0.3 is 20.0 Å². The van der Waals surface area contributed by atoms with Crippen molar-refractivity contribution in [3.63, 3.8) is 0 Å². The number of nitrogens with one attached hydrogen (secondary N) is 2. The van der Waals surface area contributed by atoms with Gasteiger partial charge in [-0.15, -0.1) is 0 Å². The Bertz CT molecular complexity index is 1660. The van der Waals surface area contributed by atoms with E-state index < -0.39 is 35.5 Å². The van der Waals surface area contributed by atoms with Gasteiger partial charge in [0.25, 0.3) is 0 Å². The van der Waals surface area contributed by atoms with E-state index in [1.54, 1.807) is 37.3 Å². The van der Waals surface area contributed by atoms with E-state index in [1.807, 2.05) is 0 Å². The van der Waals surface area contributed by atoms with Crippen molar-refractivity contribution in [3.05, 3.63) is 93.8 Å². The van der Waals surface area contributed by atoms with Crippen LogP contribution < -0.4 is 15.3 Å². The molecule has 1 aliphatic carbocycles. The van der Waals surface area contributed by atoms with E-state index in [2.05, 4.69) is 14.8 Å². The second-order valence-electron chi connectivity index (χ2n) is 9.26.